The molecule has 1 aromatic heterocycles. The van der Waals surface area contributed by atoms with Gasteiger partial charge in [0.1, 0.15) is 5.60 Å². The van der Waals surface area contributed by atoms with Crippen LogP contribution in [0.2, 0.25) is 0 Å². The first-order chi connectivity index (χ1) is 6.80. The van der Waals surface area contributed by atoms with E-state index < -0.39 is 0 Å². The van der Waals surface area contributed by atoms with E-state index in [2.05, 4.69) is 18.3 Å². The van der Waals surface area contributed by atoms with Gasteiger partial charge in [0.2, 0.25) is 0 Å². The molecule has 3 heteroatoms. The summed E-state index contributed by atoms with van der Waals surface area (Å²) in [5.74, 6) is 0. The van der Waals surface area contributed by atoms with Gasteiger partial charge in [-0.05, 0) is 31.5 Å². The van der Waals surface area contributed by atoms with Crippen molar-refractivity contribution < 1.29 is 4.74 Å². The van der Waals surface area contributed by atoms with Crippen molar-refractivity contribution >= 4 is 11.3 Å². The molecule has 0 bridgehead atoms. The van der Waals surface area contributed by atoms with E-state index in [1.165, 1.54) is 10.4 Å². The first-order valence-corrected chi connectivity index (χ1v) is 6.06. The molecule has 2 nitrogen and oxygen atoms in total. The number of hydrogen-bond acceptors (Lipinski definition) is 3. The highest BCUT2D eigenvalue weighted by Gasteiger charge is 2.41. The lowest BCUT2D eigenvalue weighted by atomic mass is 9.90. The van der Waals surface area contributed by atoms with Gasteiger partial charge in [0.15, 0.2) is 0 Å². The number of rotatable bonds is 0. The van der Waals surface area contributed by atoms with Crippen molar-refractivity contribution in [1.29, 1.82) is 0 Å². The fraction of sp³-hybridized carbons (Fsp3) is 0.636. The summed E-state index contributed by atoms with van der Waals surface area (Å²) in [6.07, 6.45) is 2.24. The largest absolute Gasteiger partial charge is 0.368 e. The standard InChI is InChI=1S/C11H15NOS/c1-8-6-9-10(14-8)2-5-13-11(9)3-4-12-7-11/h6,12H,2-5,7H2,1H3. The van der Waals surface area contributed by atoms with E-state index >= 15 is 0 Å². The Balaban J connectivity index is 2.09. The maximum absolute atomic E-state index is 6.01. The maximum Gasteiger partial charge on any atom is 0.108 e. The smallest absolute Gasteiger partial charge is 0.108 e. The summed E-state index contributed by atoms with van der Waals surface area (Å²) in [6.45, 7) is 5.18. The van der Waals surface area contributed by atoms with Crippen LogP contribution < -0.4 is 5.32 Å². The highest BCUT2D eigenvalue weighted by molar-refractivity contribution is 7.12. The van der Waals surface area contributed by atoms with Gasteiger partial charge in [-0.1, -0.05) is 0 Å². The van der Waals surface area contributed by atoms with Gasteiger partial charge in [-0.25, -0.2) is 0 Å². The molecule has 0 radical (unpaired) electrons. The third-order valence-electron chi connectivity index (χ3n) is 3.25. The normalized spacial score (nSPS) is 30.9. The van der Waals surface area contributed by atoms with E-state index in [0.717, 1.165) is 32.5 Å². The Labute approximate surface area is 88.3 Å². The van der Waals surface area contributed by atoms with Gasteiger partial charge in [0, 0.05) is 22.7 Å². The molecule has 3 heterocycles. The van der Waals surface area contributed by atoms with E-state index in [4.69, 9.17) is 4.74 Å². The van der Waals surface area contributed by atoms with E-state index in [-0.39, 0.29) is 5.60 Å². The quantitative estimate of drug-likeness (QED) is 0.703. The highest BCUT2D eigenvalue weighted by Crippen LogP contribution is 2.41. The average molecular weight is 209 g/mol. The summed E-state index contributed by atoms with van der Waals surface area (Å²) in [7, 11) is 0. The van der Waals surface area contributed by atoms with Gasteiger partial charge in [-0.3, -0.25) is 0 Å². The number of aryl methyl sites for hydroxylation is 1. The minimum Gasteiger partial charge on any atom is -0.368 e. The Morgan fingerprint density at radius 1 is 1.57 bits per heavy atom. The second kappa shape index (κ2) is 3.05. The fourth-order valence-electron chi connectivity index (χ4n) is 2.57. The summed E-state index contributed by atoms with van der Waals surface area (Å²) >= 11 is 1.94. The van der Waals surface area contributed by atoms with Crippen LogP contribution in [0.3, 0.4) is 0 Å². The van der Waals surface area contributed by atoms with Crippen LogP contribution in [0.15, 0.2) is 6.07 Å². The summed E-state index contributed by atoms with van der Waals surface area (Å²) in [4.78, 5) is 2.98. The van der Waals surface area contributed by atoms with Crippen LogP contribution in [0.25, 0.3) is 0 Å². The third-order valence-corrected chi connectivity index (χ3v) is 4.36. The zero-order chi connectivity index (χ0) is 9.60. The zero-order valence-electron chi connectivity index (χ0n) is 8.43. The van der Waals surface area contributed by atoms with Gasteiger partial charge in [-0.2, -0.15) is 0 Å². The number of hydrogen-bond donors (Lipinski definition) is 1. The predicted octanol–water partition coefficient (Wildman–Crippen LogP) is 1.82. The molecular weight excluding hydrogens is 194 g/mol. The van der Waals surface area contributed by atoms with Crippen molar-refractivity contribution in [3.05, 3.63) is 21.4 Å². The molecular formula is C11H15NOS. The summed E-state index contributed by atoms with van der Waals surface area (Å²) < 4.78 is 6.01. The minimum atomic E-state index is 0.0261. The monoisotopic (exact) mass is 209 g/mol. The van der Waals surface area contributed by atoms with Gasteiger partial charge >= 0.3 is 0 Å². The van der Waals surface area contributed by atoms with Gasteiger partial charge in [-0.15, -0.1) is 11.3 Å². The van der Waals surface area contributed by atoms with Crippen molar-refractivity contribution in [2.45, 2.75) is 25.4 Å². The van der Waals surface area contributed by atoms with Gasteiger partial charge in [0.25, 0.3) is 0 Å². The maximum atomic E-state index is 6.01. The number of nitrogens with one attached hydrogen (secondary N) is 1. The Kier molecular flexibility index (Phi) is 1.94. The number of ether oxygens (including phenoxy) is 1. The molecule has 1 atom stereocenters. The second-order valence-corrected chi connectivity index (χ2v) is 5.55. The van der Waals surface area contributed by atoms with Gasteiger partial charge < -0.3 is 10.1 Å². The first kappa shape index (κ1) is 8.89. The average Bonchev–Trinajstić information content (AvgIpc) is 2.74. The molecule has 1 spiro atoms. The third kappa shape index (κ3) is 1.16. The minimum absolute atomic E-state index is 0.0261. The lowest BCUT2D eigenvalue weighted by Crippen LogP contribution is -2.36. The lowest BCUT2D eigenvalue weighted by Gasteiger charge is -2.33. The molecule has 2 aliphatic heterocycles. The molecule has 1 unspecified atom stereocenters. The molecule has 1 saturated heterocycles. The Morgan fingerprint density at radius 3 is 3.29 bits per heavy atom. The summed E-state index contributed by atoms with van der Waals surface area (Å²) in [5, 5.41) is 3.41. The van der Waals surface area contributed by atoms with Crippen LogP contribution in [0, 0.1) is 6.92 Å². The highest BCUT2D eigenvalue weighted by atomic mass is 32.1. The summed E-state index contributed by atoms with van der Waals surface area (Å²) in [5.41, 5.74) is 1.49. The van der Waals surface area contributed by atoms with Crippen molar-refractivity contribution in [2.24, 2.45) is 0 Å². The molecule has 1 aromatic rings. The topological polar surface area (TPSA) is 21.3 Å². The Morgan fingerprint density at radius 2 is 2.50 bits per heavy atom. The van der Waals surface area contributed by atoms with Crippen LogP contribution in [-0.4, -0.2) is 19.7 Å². The van der Waals surface area contributed by atoms with Gasteiger partial charge in [0.05, 0.1) is 6.61 Å². The van der Waals surface area contributed by atoms with Crippen LogP contribution in [0.5, 0.6) is 0 Å². The van der Waals surface area contributed by atoms with E-state index in [1.807, 2.05) is 11.3 Å². The lowest BCUT2D eigenvalue weighted by molar-refractivity contribution is -0.0438. The first-order valence-electron chi connectivity index (χ1n) is 5.25. The number of fused-ring (bicyclic) bond motifs is 2. The van der Waals surface area contributed by atoms with E-state index in [1.54, 1.807) is 4.88 Å². The van der Waals surface area contributed by atoms with Crippen LogP contribution in [0.4, 0.5) is 0 Å². The second-order valence-electron chi connectivity index (χ2n) is 4.21. The molecule has 1 fully saturated rings. The molecule has 76 valence electrons. The van der Waals surface area contributed by atoms with Crippen LogP contribution in [0.1, 0.15) is 21.7 Å². The Bertz CT molecular complexity index is 352. The van der Waals surface area contributed by atoms with Crippen LogP contribution in [-0.2, 0) is 16.8 Å². The molecule has 14 heavy (non-hydrogen) atoms. The number of thiophene rings is 1. The predicted molar refractivity (Wildman–Crippen MR) is 57.9 cm³/mol. The molecule has 2 aliphatic rings. The van der Waals surface area contributed by atoms with E-state index in [9.17, 15) is 0 Å². The fourth-order valence-corrected chi connectivity index (χ4v) is 3.68. The summed E-state index contributed by atoms with van der Waals surface area (Å²) in [6, 6.07) is 2.33. The molecule has 3 rings (SSSR count). The van der Waals surface area contributed by atoms with Crippen molar-refractivity contribution in [3.8, 4) is 0 Å². The van der Waals surface area contributed by atoms with Crippen LogP contribution >= 0.6 is 11.3 Å². The SMILES string of the molecule is Cc1cc2c(s1)CCOC21CCNC1. The molecule has 0 amide bonds. The zero-order valence-corrected chi connectivity index (χ0v) is 9.25. The van der Waals surface area contributed by atoms with Crippen molar-refractivity contribution in [3.63, 3.8) is 0 Å². The van der Waals surface area contributed by atoms with Crippen molar-refractivity contribution in [1.82, 2.24) is 5.32 Å². The van der Waals surface area contributed by atoms with E-state index in [0.29, 0.717) is 0 Å². The molecule has 1 N–H and O–H groups in total. The molecule has 0 aliphatic carbocycles. The Hall–Kier alpha value is -0.380. The van der Waals surface area contributed by atoms with Crippen molar-refractivity contribution in [2.75, 3.05) is 19.7 Å². The molecule has 0 aromatic carbocycles. The molecule has 0 saturated carbocycles.